The van der Waals surface area contributed by atoms with Crippen molar-refractivity contribution in [2.45, 2.75) is 6.18 Å². The van der Waals surface area contributed by atoms with Crippen LogP contribution in [-0.2, 0) is 6.18 Å². The van der Waals surface area contributed by atoms with Gasteiger partial charge in [0.25, 0.3) is 0 Å². The molecule has 0 aliphatic carbocycles. The number of halogens is 3. The zero-order valence-corrected chi connectivity index (χ0v) is 8.28. The highest BCUT2D eigenvalue weighted by atomic mass is 19.4. The molecule has 1 aromatic rings. The number of rotatable bonds is 2. The lowest BCUT2D eigenvalue weighted by molar-refractivity contribution is -0.141. The van der Waals surface area contributed by atoms with Crippen LogP contribution in [0.4, 0.5) is 19.0 Å². The van der Waals surface area contributed by atoms with Gasteiger partial charge in [0.05, 0.1) is 0 Å². The summed E-state index contributed by atoms with van der Waals surface area (Å²) in [5.41, 5.74) is -0.990. The molecule has 1 aliphatic heterocycles. The second-order valence-electron chi connectivity index (χ2n) is 3.73. The maximum atomic E-state index is 12.2. The maximum Gasteiger partial charge on any atom is 0.435 e. The monoisotopic (exact) mass is 233 g/mol. The van der Waals surface area contributed by atoms with E-state index in [4.69, 9.17) is 5.11 Å². The molecule has 1 aliphatic rings. The lowest BCUT2D eigenvalue weighted by Crippen LogP contribution is -2.48. The van der Waals surface area contributed by atoms with Crippen LogP contribution in [0.5, 0.6) is 0 Å². The second-order valence-corrected chi connectivity index (χ2v) is 3.73. The fourth-order valence-corrected chi connectivity index (χ4v) is 1.52. The molecule has 0 atom stereocenters. The predicted octanol–water partition coefficient (Wildman–Crippen LogP) is 0.924. The van der Waals surface area contributed by atoms with Gasteiger partial charge in [-0.3, -0.25) is 0 Å². The van der Waals surface area contributed by atoms with Crippen molar-refractivity contribution in [2.75, 3.05) is 24.6 Å². The van der Waals surface area contributed by atoms with Gasteiger partial charge in [-0.15, -0.1) is 10.2 Å². The van der Waals surface area contributed by atoms with Crippen molar-refractivity contribution in [3.05, 3.63) is 17.8 Å². The van der Waals surface area contributed by atoms with Crippen LogP contribution in [0.1, 0.15) is 5.69 Å². The molecule has 0 saturated carbocycles. The molecule has 2 rings (SSSR count). The first kappa shape index (κ1) is 11.1. The second kappa shape index (κ2) is 3.89. The van der Waals surface area contributed by atoms with Gasteiger partial charge in [0.15, 0.2) is 11.5 Å². The topological polar surface area (TPSA) is 49.2 Å². The number of aliphatic hydroxyl groups is 1. The summed E-state index contributed by atoms with van der Waals surface area (Å²) in [6, 6.07) is 2.21. The van der Waals surface area contributed by atoms with E-state index in [0.29, 0.717) is 18.9 Å². The van der Waals surface area contributed by atoms with Gasteiger partial charge in [-0.25, -0.2) is 0 Å². The Morgan fingerprint density at radius 1 is 1.31 bits per heavy atom. The molecule has 1 aromatic heterocycles. The van der Waals surface area contributed by atoms with Gasteiger partial charge in [-0.1, -0.05) is 0 Å². The van der Waals surface area contributed by atoms with Gasteiger partial charge in [0, 0.05) is 25.6 Å². The third-order valence-electron chi connectivity index (χ3n) is 2.48. The average molecular weight is 233 g/mol. The van der Waals surface area contributed by atoms with E-state index in [1.54, 1.807) is 4.90 Å². The van der Waals surface area contributed by atoms with Crippen molar-refractivity contribution in [1.29, 1.82) is 0 Å². The lowest BCUT2D eigenvalue weighted by Gasteiger charge is -2.38. The van der Waals surface area contributed by atoms with E-state index < -0.39 is 11.9 Å². The number of alkyl halides is 3. The lowest BCUT2D eigenvalue weighted by atomic mass is 10.0. The number of aliphatic hydroxyl groups excluding tert-OH is 1. The summed E-state index contributed by atoms with van der Waals surface area (Å²) in [4.78, 5) is 1.77. The van der Waals surface area contributed by atoms with Crippen molar-refractivity contribution >= 4 is 5.82 Å². The smallest absolute Gasteiger partial charge is 0.396 e. The van der Waals surface area contributed by atoms with Crippen molar-refractivity contribution in [3.8, 4) is 0 Å². The Morgan fingerprint density at radius 2 is 2.00 bits per heavy atom. The summed E-state index contributed by atoms with van der Waals surface area (Å²) in [5.74, 6) is 0.599. The summed E-state index contributed by atoms with van der Waals surface area (Å²) in [6.45, 7) is 1.30. The Bertz CT molecular complexity index is 359. The van der Waals surface area contributed by atoms with Crippen LogP contribution in [-0.4, -0.2) is 35.0 Å². The quantitative estimate of drug-likeness (QED) is 0.825. The number of anilines is 1. The maximum absolute atomic E-state index is 12.2. The molecule has 16 heavy (non-hydrogen) atoms. The highest BCUT2D eigenvalue weighted by Gasteiger charge is 2.34. The van der Waals surface area contributed by atoms with Crippen molar-refractivity contribution in [1.82, 2.24) is 10.2 Å². The SMILES string of the molecule is OCC1CN(c2ccc(C(F)(F)F)nn2)C1. The van der Waals surface area contributed by atoms with E-state index in [-0.39, 0.29) is 12.5 Å². The molecule has 2 heterocycles. The highest BCUT2D eigenvalue weighted by Crippen LogP contribution is 2.28. The summed E-state index contributed by atoms with van der Waals surface area (Å²) >= 11 is 0. The van der Waals surface area contributed by atoms with Crippen LogP contribution in [0.2, 0.25) is 0 Å². The first-order valence-corrected chi connectivity index (χ1v) is 4.77. The summed E-state index contributed by atoms with van der Waals surface area (Å²) in [5, 5.41) is 15.4. The molecule has 0 radical (unpaired) electrons. The number of aromatic nitrogens is 2. The van der Waals surface area contributed by atoms with E-state index in [1.807, 2.05) is 0 Å². The molecule has 0 amide bonds. The first-order chi connectivity index (χ1) is 7.50. The standard InChI is InChI=1S/C9H10F3N3O/c10-9(11,12)7-1-2-8(14-13-7)15-3-6(4-15)5-16/h1-2,6,16H,3-5H2. The minimum atomic E-state index is -4.45. The average Bonchev–Trinajstić information content (AvgIpc) is 2.15. The molecule has 1 saturated heterocycles. The Labute approximate surface area is 89.7 Å². The van der Waals surface area contributed by atoms with Crippen LogP contribution >= 0.6 is 0 Å². The van der Waals surface area contributed by atoms with Gasteiger partial charge in [-0.05, 0) is 12.1 Å². The van der Waals surface area contributed by atoms with Crippen LogP contribution in [0, 0.1) is 5.92 Å². The van der Waals surface area contributed by atoms with E-state index >= 15 is 0 Å². The van der Waals surface area contributed by atoms with Crippen molar-refractivity contribution < 1.29 is 18.3 Å². The third kappa shape index (κ3) is 2.08. The normalized spacial score (nSPS) is 17.4. The molecule has 0 spiro atoms. The van der Waals surface area contributed by atoms with Gasteiger partial charge in [-0.2, -0.15) is 13.2 Å². The minimum absolute atomic E-state index is 0.0879. The number of hydrogen-bond donors (Lipinski definition) is 1. The molecular formula is C9H10F3N3O. The van der Waals surface area contributed by atoms with E-state index in [0.717, 1.165) is 6.07 Å². The molecule has 1 N–H and O–H groups in total. The van der Waals surface area contributed by atoms with Gasteiger partial charge in [0.2, 0.25) is 0 Å². The Morgan fingerprint density at radius 3 is 2.44 bits per heavy atom. The van der Waals surface area contributed by atoms with Gasteiger partial charge < -0.3 is 10.0 Å². The molecule has 88 valence electrons. The van der Waals surface area contributed by atoms with Gasteiger partial charge in [0.1, 0.15) is 0 Å². The summed E-state index contributed by atoms with van der Waals surface area (Å²) in [7, 11) is 0. The zero-order chi connectivity index (χ0) is 11.8. The van der Waals surface area contributed by atoms with E-state index in [1.165, 1.54) is 6.07 Å². The molecule has 1 fully saturated rings. The van der Waals surface area contributed by atoms with Gasteiger partial charge >= 0.3 is 6.18 Å². The Balaban J connectivity index is 2.04. The number of nitrogens with zero attached hydrogens (tertiary/aromatic N) is 3. The molecule has 0 aromatic carbocycles. The number of hydrogen-bond acceptors (Lipinski definition) is 4. The summed E-state index contributed by atoms with van der Waals surface area (Å²) in [6.07, 6.45) is -4.45. The van der Waals surface area contributed by atoms with Crippen LogP contribution < -0.4 is 4.90 Å². The molecule has 0 bridgehead atoms. The largest absolute Gasteiger partial charge is 0.435 e. The van der Waals surface area contributed by atoms with Crippen molar-refractivity contribution in [2.24, 2.45) is 5.92 Å². The molecule has 7 heteroatoms. The fraction of sp³-hybridized carbons (Fsp3) is 0.556. The predicted molar refractivity (Wildman–Crippen MR) is 49.8 cm³/mol. The van der Waals surface area contributed by atoms with E-state index in [9.17, 15) is 13.2 Å². The van der Waals surface area contributed by atoms with Crippen LogP contribution in [0.25, 0.3) is 0 Å². The molecular weight excluding hydrogens is 223 g/mol. The Kier molecular flexibility index (Phi) is 2.71. The minimum Gasteiger partial charge on any atom is -0.396 e. The van der Waals surface area contributed by atoms with E-state index in [2.05, 4.69) is 10.2 Å². The van der Waals surface area contributed by atoms with Crippen molar-refractivity contribution in [3.63, 3.8) is 0 Å². The molecule has 4 nitrogen and oxygen atoms in total. The third-order valence-corrected chi connectivity index (χ3v) is 2.48. The zero-order valence-electron chi connectivity index (χ0n) is 8.28. The highest BCUT2D eigenvalue weighted by molar-refractivity contribution is 5.40. The first-order valence-electron chi connectivity index (χ1n) is 4.77. The summed E-state index contributed by atoms with van der Waals surface area (Å²) < 4.78 is 36.6. The Hall–Kier alpha value is -1.37. The van der Waals surface area contributed by atoms with Crippen LogP contribution in [0.3, 0.4) is 0 Å². The van der Waals surface area contributed by atoms with Crippen LogP contribution in [0.15, 0.2) is 12.1 Å². The fourth-order valence-electron chi connectivity index (χ4n) is 1.52. The molecule has 0 unspecified atom stereocenters.